The average molecular weight is 221 g/mol. The van der Waals surface area contributed by atoms with Crippen LogP contribution in [0.1, 0.15) is 37.5 Å². The van der Waals surface area contributed by atoms with Crippen LogP contribution in [0.25, 0.3) is 0 Å². The van der Waals surface area contributed by atoms with Gasteiger partial charge < -0.3 is 9.42 Å². The van der Waals surface area contributed by atoms with Gasteiger partial charge in [-0.15, -0.1) is 0 Å². The molecule has 0 spiro atoms. The third-order valence-corrected chi connectivity index (χ3v) is 2.89. The molecule has 86 valence electrons. The minimum Gasteiger partial charge on any atom is -0.343 e. The van der Waals surface area contributed by atoms with Gasteiger partial charge in [0.05, 0.1) is 6.04 Å². The number of rotatable bonds is 2. The van der Waals surface area contributed by atoms with Gasteiger partial charge >= 0.3 is 0 Å². The molecule has 1 amide bonds. The Morgan fingerprint density at radius 3 is 3.12 bits per heavy atom. The maximum Gasteiger partial charge on any atom is 0.246 e. The summed E-state index contributed by atoms with van der Waals surface area (Å²) in [6.45, 7) is 4.27. The molecule has 0 aliphatic carbocycles. The van der Waals surface area contributed by atoms with Gasteiger partial charge in [0, 0.05) is 6.54 Å². The normalized spacial score (nSPS) is 21.5. The Labute approximate surface area is 94.1 Å². The highest BCUT2D eigenvalue weighted by molar-refractivity contribution is 5.87. The second kappa shape index (κ2) is 4.92. The van der Waals surface area contributed by atoms with Crippen LogP contribution in [0.15, 0.2) is 23.6 Å². The van der Waals surface area contributed by atoms with Gasteiger partial charge in [-0.3, -0.25) is 4.79 Å². The van der Waals surface area contributed by atoms with Crippen LogP contribution in [-0.2, 0) is 4.79 Å². The highest BCUT2D eigenvalue weighted by Crippen LogP contribution is 2.27. The van der Waals surface area contributed by atoms with E-state index in [2.05, 4.69) is 16.7 Å². The van der Waals surface area contributed by atoms with Crippen molar-refractivity contribution in [2.75, 3.05) is 6.54 Å². The Hall–Kier alpha value is -1.65. The van der Waals surface area contributed by atoms with Gasteiger partial charge in [0.25, 0.3) is 0 Å². The quantitative estimate of drug-likeness (QED) is 0.713. The molecule has 2 rings (SSSR count). The second-order valence-corrected chi connectivity index (χ2v) is 3.89. The molecule has 16 heavy (non-hydrogen) atoms. The number of carbonyl (C=O) groups excluding carboxylic acids is 1. The number of hydrogen-bond acceptors (Lipinski definition) is 4. The van der Waals surface area contributed by atoms with E-state index in [-0.39, 0.29) is 11.9 Å². The van der Waals surface area contributed by atoms with Gasteiger partial charge in [-0.1, -0.05) is 24.6 Å². The Morgan fingerprint density at radius 2 is 2.44 bits per heavy atom. The summed E-state index contributed by atoms with van der Waals surface area (Å²) < 4.78 is 4.75. The predicted molar refractivity (Wildman–Crippen MR) is 57.4 cm³/mol. The lowest BCUT2D eigenvalue weighted by molar-refractivity contribution is -0.128. The molecule has 0 radical (unpaired) electrons. The maximum atomic E-state index is 11.7. The van der Waals surface area contributed by atoms with Gasteiger partial charge in [0.2, 0.25) is 12.3 Å². The van der Waals surface area contributed by atoms with Crippen LogP contribution in [0.5, 0.6) is 0 Å². The first-order chi connectivity index (χ1) is 7.83. The fourth-order valence-electron chi connectivity index (χ4n) is 2.08. The van der Waals surface area contributed by atoms with Crippen molar-refractivity contribution in [1.82, 2.24) is 15.0 Å². The van der Waals surface area contributed by atoms with E-state index in [0.717, 1.165) is 32.2 Å². The first-order valence-corrected chi connectivity index (χ1v) is 5.52. The van der Waals surface area contributed by atoms with Crippen LogP contribution < -0.4 is 0 Å². The maximum absolute atomic E-state index is 11.7. The first-order valence-electron chi connectivity index (χ1n) is 5.52. The molecule has 0 aromatic carbocycles. The van der Waals surface area contributed by atoms with E-state index in [1.54, 1.807) is 4.90 Å². The monoisotopic (exact) mass is 221 g/mol. The van der Waals surface area contributed by atoms with E-state index in [0.29, 0.717) is 5.82 Å². The van der Waals surface area contributed by atoms with Gasteiger partial charge in [-0.25, -0.2) is 0 Å². The molecule has 1 aliphatic heterocycles. The lowest BCUT2D eigenvalue weighted by Gasteiger charge is -2.26. The van der Waals surface area contributed by atoms with Crippen molar-refractivity contribution in [3.8, 4) is 0 Å². The van der Waals surface area contributed by atoms with Gasteiger partial charge in [-0.05, 0) is 18.9 Å². The van der Waals surface area contributed by atoms with Crippen molar-refractivity contribution in [3.05, 3.63) is 24.9 Å². The van der Waals surface area contributed by atoms with Crippen LogP contribution >= 0.6 is 0 Å². The fourth-order valence-corrected chi connectivity index (χ4v) is 2.08. The molecule has 1 atom stereocenters. The Balaban J connectivity index is 2.22. The third-order valence-electron chi connectivity index (χ3n) is 2.89. The molecule has 1 aliphatic rings. The largest absolute Gasteiger partial charge is 0.343 e. The van der Waals surface area contributed by atoms with Crippen molar-refractivity contribution >= 4 is 5.91 Å². The van der Waals surface area contributed by atoms with E-state index in [1.807, 2.05) is 0 Å². The summed E-state index contributed by atoms with van der Waals surface area (Å²) in [5, 5.41) is 3.83. The Kier molecular flexibility index (Phi) is 3.34. The van der Waals surface area contributed by atoms with E-state index in [9.17, 15) is 4.79 Å². The van der Waals surface area contributed by atoms with Crippen molar-refractivity contribution in [2.45, 2.75) is 31.7 Å². The molecular weight excluding hydrogens is 206 g/mol. The molecule has 0 bridgehead atoms. The smallest absolute Gasteiger partial charge is 0.246 e. The Bertz CT molecular complexity index is 361. The molecule has 5 heteroatoms. The zero-order valence-electron chi connectivity index (χ0n) is 9.13. The summed E-state index contributed by atoms with van der Waals surface area (Å²) in [7, 11) is 0. The summed E-state index contributed by atoms with van der Waals surface area (Å²) in [6.07, 6.45) is 6.78. The van der Waals surface area contributed by atoms with Crippen LogP contribution in [-0.4, -0.2) is 27.5 Å². The minimum atomic E-state index is -0.0632. The highest BCUT2D eigenvalue weighted by Gasteiger charge is 2.28. The summed E-state index contributed by atoms with van der Waals surface area (Å²) in [4.78, 5) is 17.6. The standard InChI is InChI=1S/C11H15N3O2/c1-2-10(15)14-7-5-3-4-6-9(14)11-12-8-16-13-11/h2,8-9H,1,3-7H2. The van der Waals surface area contributed by atoms with E-state index >= 15 is 0 Å². The minimum absolute atomic E-state index is 0.0586. The molecular formula is C11H15N3O2. The summed E-state index contributed by atoms with van der Waals surface area (Å²) in [5.41, 5.74) is 0. The number of carbonyl (C=O) groups is 1. The molecule has 2 heterocycles. The predicted octanol–water partition coefficient (Wildman–Crippen LogP) is 1.70. The zero-order valence-corrected chi connectivity index (χ0v) is 9.13. The lowest BCUT2D eigenvalue weighted by Crippen LogP contribution is -2.34. The SMILES string of the molecule is C=CC(=O)N1CCCCCC1c1ncon1. The van der Waals surface area contributed by atoms with Crippen molar-refractivity contribution in [2.24, 2.45) is 0 Å². The van der Waals surface area contributed by atoms with Gasteiger partial charge in [0.1, 0.15) is 0 Å². The number of hydrogen-bond donors (Lipinski definition) is 0. The first kappa shape index (κ1) is 10.9. The highest BCUT2D eigenvalue weighted by atomic mass is 16.5. The molecule has 1 fully saturated rings. The van der Waals surface area contributed by atoms with Crippen LogP contribution in [0, 0.1) is 0 Å². The molecule has 0 saturated carbocycles. The molecule has 1 aromatic rings. The lowest BCUT2D eigenvalue weighted by atomic mass is 10.1. The van der Waals surface area contributed by atoms with Gasteiger partial charge in [-0.2, -0.15) is 4.98 Å². The van der Waals surface area contributed by atoms with Crippen molar-refractivity contribution < 1.29 is 9.32 Å². The molecule has 5 nitrogen and oxygen atoms in total. The fraction of sp³-hybridized carbons (Fsp3) is 0.545. The number of aromatic nitrogens is 2. The molecule has 1 saturated heterocycles. The number of nitrogens with zero attached hydrogens (tertiary/aromatic N) is 3. The van der Waals surface area contributed by atoms with Crippen LogP contribution in [0.2, 0.25) is 0 Å². The molecule has 0 N–H and O–H groups in total. The van der Waals surface area contributed by atoms with Crippen LogP contribution in [0.3, 0.4) is 0 Å². The zero-order chi connectivity index (χ0) is 11.4. The number of amides is 1. The topological polar surface area (TPSA) is 59.2 Å². The van der Waals surface area contributed by atoms with E-state index in [1.165, 1.54) is 12.5 Å². The van der Waals surface area contributed by atoms with Crippen LogP contribution in [0.4, 0.5) is 0 Å². The third kappa shape index (κ3) is 2.13. The summed E-state index contributed by atoms with van der Waals surface area (Å²) in [6, 6.07) is -0.0632. The number of likely N-dealkylation sites (tertiary alicyclic amines) is 1. The van der Waals surface area contributed by atoms with E-state index in [4.69, 9.17) is 4.52 Å². The average Bonchev–Trinajstić information content (AvgIpc) is 2.72. The van der Waals surface area contributed by atoms with E-state index < -0.39 is 0 Å². The molecule has 1 aromatic heterocycles. The van der Waals surface area contributed by atoms with Gasteiger partial charge in [0.15, 0.2) is 5.82 Å². The van der Waals surface area contributed by atoms with Crippen molar-refractivity contribution in [3.63, 3.8) is 0 Å². The summed E-state index contributed by atoms with van der Waals surface area (Å²) >= 11 is 0. The second-order valence-electron chi connectivity index (χ2n) is 3.89. The van der Waals surface area contributed by atoms with Crippen molar-refractivity contribution in [1.29, 1.82) is 0 Å². The molecule has 1 unspecified atom stereocenters. The Morgan fingerprint density at radius 1 is 1.56 bits per heavy atom. The summed E-state index contributed by atoms with van der Waals surface area (Å²) in [5.74, 6) is 0.536.